The maximum absolute atomic E-state index is 9.57. The molecule has 1 aromatic carbocycles. The first-order valence-corrected chi connectivity index (χ1v) is 7.69. The summed E-state index contributed by atoms with van der Waals surface area (Å²) in [5, 5.41) is 9.57. The first kappa shape index (κ1) is 15.3. The third kappa shape index (κ3) is 3.97. The Kier molecular flexibility index (Phi) is 5.44. The molecule has 1 unspecified atom stereocenters. The summed E-state index contributed by atoms with van der Waals surface area (Å²) >= 11 is 0. The van der Waals surface area contributed by atoms with Gasteiger partial charge in [-0.05, 0) is 70.0 Å². The van der Waals surface area contributed by atoms with Crippen molar-refractivity contribution in [1.82, 2.24) is 4.90 Å². The van der Waals surface area contributed by atoms with Crippen LogP contribution in [0.1, 0.15) is 49.8 Å². The van der Waals surface area contributed by atoms with Crippen LogP contribution >= 0.6 is 0 Å². The molecule has 0 bridgehead atoms. The van der Waals surface area contributed by atoms with E-state index >= 15 is 0 Å². The lowest BCUT2D eigenvalue weighted by Crippen LogP contribution is -2.37. The van der Waals surface area contributed by atoms with Gasteiger partial charge in [0.05, 0.1) is 12.7 Å². The molecule has 1 N–H and O–H groups in total. The summed E-state index contributed by atoms with van der Waals surface area (Å²) in [7, 11) is 2.21. The number of aryl methyl sites for hydroxylation is 1. The lowest BCUT2D eigenvalue weighted by molar-refractivity contribution is 0.153. The summed E-state index contributed by atoms with van der Waals surface area (Å²) in [4.78, 5) is 2.45. The van der Waals surface area contributed by atoms with Crippen LogP contribution in [-0.4, -0.2) is 36.2 Å². The molecule has 1 aromatic rings. The number of hydrogen-bond acceptors (Lipinski definition) is 3. The maximum atomic E-state index is 9.57. The van der Waals surface area contributed by atoms with Gasteiger partial charge in [-0.2, -0.15) is 0 Å². The fourth-order valence-electron chi connectivity index (χ4n) is 2.91. The smallest absolute Gasteiger partial charge is 0.122 e. The second-order valence-electron chi connectivity index (χ2n) is 5.97. The van der Waals surface area contributed by atoms with Gasteiger partial charge in [0.1, 0.15) is 5.75 Å². The Bertz CT molecular complexity index is 431. The number of likely N-dealkylation sites (tertiary alicyclic amines) is 1. The third-order valence-corrected chi connectivity index (χ3v) is 4.31. The fraction of sp³-hybridized carbons (Fsp3) is 0.647. The van der Waals surface area contributed by atoms with Gasteiger partial charge in [0, 0.05) is 6.04 Å². The highest BCUT2D eigenvalue weighted by Gasteiger charge is 2.18. The summed E-state index contributed by atoms with van der Waals surface area (Å²) in [6.45, 7) is 5.80. The van der Waals surface area contributed by atoms with Gasteiger partial charge >= 0.3 is 0 Å². The molecule has 0 amide bonds. The highest BCUT2D eigenvalue weighted by molar-refractivity contribution is 5.36. The quantitative estimate of drug-likeness (QED) is 0.896. The zero-order valence-corrected chi connectivity index (χ0v) is 12.9. The van der Waals surface area contributed by atoms with Crippen molar-refractivity contribution in [2.45, 2.75) is 51.7 Å². The standard InChI is InChI=1S/C17H27NO2/c1-13-12-15(14(2)19)7-8-17(13)20-11-9-16-6-4-5-10-18(16)3/h7-8,12,14,16,19H,4-6,9-11H2,1-3H3/t14-,16?/m1/s1. The van der Waals surface area contributed by atoms with E-state index in [9.17, 15) is 5.11 Å². The molecule has 3 heteroatoms. The summed E-state index contributed by atoms with van der Waals surface area (Å²) in [5.41, 5.74) is 2.04. The second kappa shape index (κ2) is 7.09. The molecule has 1 aliphatic rings. The molecule has 112 valence electrons. The minimum Gasteiger partial charge on any atom is -0.493 e. The molecular weight excluding hydrogens is 250 g/mol. The van der Waals surface area contributed by atoms with Gasteiger partial charge in [-0.3, -0.25) is 0 Å². The van der Waals surface area contributed by atoms with E-state index in [0.717, 1.165) is 29.9 Å². The van der Waals surface area contributed by atoms with Crippen LogP contribution in [0.5, 0.6) is 5.75 Å². The fourth-order valence-corrected chi connectivity index (χ4v) is 2.91. The van der Waals surface area contributed by atoms with Gasteiger partial charge in [-0.25, -0.2) is 0 Å². The van der Waals surface area contributed by atoms with Crippen LogP contribution < -0.4 is 4.74 Å². The van der Waals surface area contributed by atoms with Crippen LogP contribution in [0.4, 0.5) is 0 Å². The summed E-state index contributed by atoms with van der Waals surface area (Å²) in [6, 6.07) is 6.59. The molecule has 0 aliphatic carbocycles. The number of ether oxygens (including phenoxy) is 1. The zero-order valence-electron chi connectivity index (χ0n) is 12.9. The second-order valence-corrected chi connectivity index (χ2v) is 5.97. The maximum Gasteiger partial charge on any atom is 0.122 e. The predicted molar refractivity (Wildman–Crippen MR) is 82.2 cm³/mol. The molecule has 1 heterocycles. The molecule has 0 saturated carbocycles. The van der Waals surface area contributed by atoms with Crippen LogP contribution in [0.2, 0.25) is 0 Å². The van der Waals surface area contributed by atoms with Gasteiger partial charge in [0.25, 0.3) is 0 Å². The van der Waals surface area contributed by atoms with Gasteiger partial charge in [-0.15, -0.1) is 0 Å². The van der Waals surface area contributed by atoms with Crippen molar-refractivity contribution in [3.05, 3.63) is 29.3 Å². The molecule has 1 saturated heterocycles. The lowest BCUT2D eigenvalue weighted by atomic mass is 10.0. The normalized spacial score (nSPS) is 21.7. The number of aliphatic hydroxyl groups excluding tert-OH is 1. The Balaban J connectivity index is 1.84. The average Bonchev–Trinajstić information content (AvgIpc) is 2.42. The minimum atomic E-state index is -0.418. The number of piperidine rings is 1. The molecule has 0 radical (unpaired) electrons. The Labute approximate surface area is 122 Å². The van der Waals surface area contributed by atoms with Crippen molar-refractivity contribution in [3.8, 4) is 5.75 Å². The monoisotopic (exact) mass is 277 g/mol. The number of benzene rings is 1. The van der Waals surface area contributed by atoms with E-state index in [1.807, 2.05) is 25.1 Å². The molecule has 2 atom stereocenters. The van der Waals surface area contributed by atoms with E-state index < -0.39 is 6.10 Å². The predicted octanol–water partition coefficient (Wildman–Crippen LogP) is 3.30. The Morgan fingerprint density at radius 1 is 1.40 bits per heavy atom. The third-order valence-electron chi connectivity index (χ3n) is 4.31. The van der Waals surface area contributed by atoms with E-state index in [-0.39, 0.29) is 0 Å². The molecule has 1 fully saturated rings. The molecule has 0 aromatic heterocycles. The summed E-state index contributed by atoms with van der Waals surface area (Å²) < 4.78 is 5.91. The van der Waals surface area contributed by atoms with E-state index in [1.165, 1.54) is 25.8 Å². The van der Waals surface area contributed by atoms with Crippen molar-refractivity contribution in [2.24, 2.45) is 0 Å². The molecule has 2 rings (SSSR count). The number of nitrogens with zero attached hydrogens (tertiary/aromatic N) is 1. The first-order valence-electron chi connectivity index (χ1n) is 7.69. The average molecular weight is 277 g/mol. The van der Waals surface area contributed by atoms with E-state index in [4.69, 9.17) is 4.74 Å². The van der Waals surface area contributed by atoms with Crippen LogP contribution in [0.15, 0.2) is 18.2 Å². The van der Waals surface area contributed by atoms with E-state index in [2.05, 4.69) is 11.9 Å². The summed E-state index contributed by atoms with van der Waals surface area (Å²) in [6.07, 6.45) is 4.64. The number of aliphatic hydroxyl groups is 1. The SMILES string of the molecule is Cc1cc([C@@H](C)O)ccc1OCCC1CCCCN1C. The van der Waals surface area contributed by atoms with Gasteiger partial charge < -0.3 is 14.7 Å². The van der Waals surface area contributed by atoms with Crippen molar-refractivity contribution < 1.29 is 9.84 Å². The molecule has 3 nitrogen and oxygen atoms in total. The number of rotatable bonds is 5. The van der Waals surface area contributed by atoms with Crippen LogP contribution in [0.3, 0.4) is 0 Å². The summed E-state index contributed by atoms with van der Waals surface area (Å²) in [5.74, 6) is 0.938. The van der Waals surface area contributed by atoms with Crippen molar-refractivity contribution in [1.29, 1.82) is 0 Å². The van der Waals surface area contributed by atoms with E-state index in [1.54, 1.807) is 6.92 Å². The highest BCUT2D eigenvalue weighted by atomic mass is 16.5. The first-order chi connectivity index (χ1) is 9.58. The Hall–Kier alpha value is -1.06. The largest absolute Gasteiger partial charge is 0.493 e. The molecule has 1 aliphatic heterocycles. The highest BCUT2D eigenvalue weighted by Crippen LogP contribution is 2.24. The minimum absolute atomic E-state index is 0.418. The van der Waals surface area contributed by atoms with Gasteiger partial charge in [0.2, 0.25) is 0 Å². The molecule has 0 spiro atoms. The van der Waals surface area contributed by atoms with Crippen molar-refractivity contribution in [2.75, 3.05) is 20.2 Å². The van der Waals surface area contributed by atoms with Crippen molar-refractivity contribution >= 4 is 0 Å². The van der Waals surface area contributed by atoms with Crippen LogP contribution in [0, 0.1) is 6.92 Å². The number of hydrogen-bond donors (Lipinski definition) is 1. The zero-order chi connectivity index (χ0) is 14.5. The molecule has 20 heavy (non-hydrogen) atoms. The van der Waals surface area contributed by atoms with Gasteiger partial charge in [-0.1, -0.05) is 12.5 Å². The van der Waals surface area contributed by atoms with Crippen molar-refractivity contribution in [3.63, 3.8) is 0 Å². The Morgan fingerprint density at radius 2 is 2.20 bits per heavy atom. The molecular formula is C17H27NO2. The van der Waals surface area contributed by atoms with Crippen LogP contribution in [0.25, 0.3) is 0 Å². The van der Waals surface area contributed by atoms with Crippen LogP contribution in [-0.2, 0) is 0 Å². The lowest BCUT2D eigenvalue weighted by Gasteiger charge is -2.32. The van der Waals surface area contributed by atoms with Gasteiger partial charge in [0.15, 0.2) is 0 Å². The Morgan fingerprint density at radius 3 is 2.85 bits per heavy atom. The topological polar surface area (TPSA) is 32.7 Å². The van der Waals surface area contributed by atoms with E-state index in [0.29, 0.717) is 6.04 Å².